The first-order valence-electron chi connectivity index (χ1n) is 6.74. The number of hydrogen-bond acceptors (Lipinski definition) is 2. The zero-order valence-corrected chi connectivity index (χ0v) is 10.9. The molecule has 3 heteroatoms. The lowest BCUT2D eigenvalue weighted by atomic mass is 10.0. The molecule has 1 aromatic rings. The third-order valence-electron chi connectivity index (χ3n) is 4.26. The Kier molecular flexibility index (Phi) is 3.08. The lowest BCUT2D eigenvalue weighted by Crippen LogP contribution is -2.31. The predicted octanol–water partition coefficient (Wildman–Crippen LogP) is 1.60. The third-order valence-corrected chi connectivity index (χ3v) is 4.26. The number of nitrogens with zero attached hydrogens (tertiary/aromatic N) is 2. The summed E-state index contributed by atoms with van der Waals surface area (Å²) in [6.07, 6.45) is 0. The standard InChI is InChI=1S/C15H20N2O/c1-12(18)17-10-14-8-16(9-15(14)11-17)7-13-5-3-2-4-6-13/h2-6,14-15H,7-11H2,1H3/t14-,15+. The maximum Gasteiger partial charge on any atom is 0.219 e. The van der Waals surface area contributed by atoms with E-state index in [0.29, 0.717) is 11.8 Å². The zero-order valence-electron chi connectivity index (χ0n) is 10.9. The summed E-state index contributed by atoms with van der Waals surface area (Å²) in [6.45, 7) is 6.94. The van der Waals surface area contributed by atoms with Gasteiger partial charge in [-0.1, -0.05) is 30.3 Å². The fourth-order valence-corrected chi connectivity index (χ4v) is 3.32. The van der Waals surface area contributed by atoms with Crippen LogP contribution in [0.5, 0.6) is 0 Å². The highest BCUT2D eigenvalue weighted by molar-refractivity contribution is 5.73. The van der Waals surface area contributed by atoms with E-state index in [2.05, 4.69) is 35.2 Å². The Bertz CT molecular complexity index is 417. The van der Waals surface area contributed by atoms with Gasteiger partial charge in [-0.2, -0.15) is 0 Å². The molecule has 96 valence electrons. The van der Waals surface area contributed by atoms with Gasteiger partial charge in [0.1, 0.15) is 0 Å². The molecule has 2 atom stereocenters. The van der Waals surface area contributed by atoms with Crippen LogP contribution in [0.15, 0.2) is 30.3 Å². The highest BCUT2D eigenvalue weighted by Crippen LogP contribution is 2.31. The van der Waals surface area contributed by atoms with Gasteiger partial charge < -0.3 is 4.90 Å². The van der Waals surface area contributed by atoms with Crippen molar-refractivity contribution >= 4 is 5.91 Å². The normalized spacial score (nSPS) is 27.5. The molecule has 0 aromatic heterocycles. The van der Waals surface area contributed by atoms with Crippen LogP contribution in [0.1, 0.15) is 12.5 Å². The van der Waals surface area contributed by atoms with Crippen molar-refractivity contribution in [1.82, 2.24) is 9.80 Å². The Balaban J connectivity index is 1.57. The number of fused-ring (bicyclic) bond motifs is 1. The molecule has 0 unspecified atom stereocenters. The van der Waals surface area contributed by atoms with E-state index in [1.807, 2.05) is 4.90 Å². The van der Waals surface area contributed by atoms with Crippen LogP contribution in [-0.4, -0.2) is 41.9 Å². The van der Waals surface area contributed by atoms with Crippen LogP contribution < -0.4 is 0 Å². The van der Waals surface area contributed by atoms with Crippen molar-refractivity contribution in [2.24, 2.45) is 11.8 Å². The van der Waals surface area contributed by atoms with Crippen LogP contribution in [0.4, 0.5) is 0 Å². The van der Waals surface area contributed by atoms with Crippen molar-refractivity contribution in [3.63, 3.8) is 0 Å². The van der Waals surface area contributed by atoms with Crippen LogP contribution in [0, 0.1) is 11.8 Å². The summed E-state index contributed by atoms with van der Waals surface area (Å²) in [5, 5.41) is 0. The third kappa shape index (κ3) is 2.27. The van der Waals surface area contributed by atoms with Crippen LogP contribution in [-0.2, 0) is 11.3 Å². The molecule has 0 spiro atoms. The lowest BCUT2D eigenvalue weighted by molar-refractivity contribution is -0.128. The molecule has 18 heavy (non-hydrogen) atoms. The molecule has 0 bridgehead atoms. The summed E-state index contributed by atoms with van der Waals surface area (Å²) in [6, 6.07) is 10.6. The van der Waals surface area contributed by atoms with E-state index in [1.54, 1.807) is 6.92 Å². The van der Waals surface area contributed by atoms with Gasteiger partial charge in [0.15, 0.2) is 0 Å². The Hall–Kier alpha value is -1.35. The van der Waals surface area contributed by atoms with E-state index >= 15 is 0 Å². The number of carbonyl (C=O) groups is 1. The maximum atomic E-state index is 11.4. The Morgan fingerprint density at radius 3 is 2.28 bits per heavy atom. The first-order valence-corrected chi connectivity index (χ1v) is 6.74. The summed E-state index contributed by atoms with van der Waals surface area (Å²) in [5.41, 5.74) is 1.39. The zero-order chi connectivity index (χ0) is 12.5. The molecule has 1 amide bonds. The van der Waals surface area contributed by atoms with Crippen LogP contribution in [0.2, 0.25) is 0 Å². The van der Waals surface area contributed by atoms with Crippen LogP contribution >= 0.6 is 0 Å². The van der Waals surface area contributed by atoms with E-state index in [-0.39, 0.29) is 5.91 Å². The van der Waals surface area contributed by atoms with Gasteiger partial charge in [-0.3, -0.25) is 9.69 Å². The molecular weight excluding hydrogens is 224 g/mol. The van der Waals surface area contributed by atoms with Crippen molar-refractivity contribution in [2.45, 2.75) is 13.5 Å². The molecule has 0 radical (unpaired) electrons. The second kappa shape index (κ2) is 4.73. The van der Waals surface area contributed by atoms with E-state index in [4.69, 9.17) is 0 Å². The second-order valence-electron chi connectivity index (χ2n) is 5.62. The first-order chi connectivity index (χ1) is 8.72. The van der Waals surface area contributed by atoms with Crippen LogP contribution in [0.3, 0.4) is 0 Å². The highest BCUT2D eigenvalue weighted by atomic mass is 16.2. The molecule has 2 aliphatic rings. The molecule has 2 saturated heterocycles. The predicted molar refractivity (Wildman–Crippen MR) is 71.0 cm³/mol. The van der Waals surface area contributed by atoms with Gasteiger partial charge in [-0.05, 0) is 17.4 Å². The summed E-state index contributed by atoms with van der Waals surface area (Å²) >= 11 is 0. The van der Waals surface area contributed by atoms with Gasteiger partial charge in [-0.25, -0.2) is 0 Å². The highest BCUT2D eigenvalue weighted by Gasteiger charge is 2.40. The summed E-state index contributed by atoms with van der Waals surface area (Å²) in [5.74, 6) is 1.62. The molecule has 0 N–H and O–H groups in total. The minimum Gasteiger partial charge on any atom is -0.342 e. The number of carbonyl (C=O) groups excluding carboxylic acids is 1. The van der Waals surface area contributed by atoms with Crippen molar-refractivity contribution in [3.05, 3.63) is 35.9 Å². The molecule has 3 nitrogen and oxygen atoms in total. The smallest absolute Gasteiger partial charge is 0.219 e. The average molecular weight is 244 g/mol. The molecular formula is C15H20N2O. The summed E-state index contributed by atoms with van der Waals surface area (Å²) < 4.78 is 0. The number of hydrogen-bond donors (Lipinski definition) is 0. The maximum absolute atomic E-state index is 11.4. The number of rotatable bonds is 2. The molecule has 0 aliphatic carbocycles. The summed E-state index contributed by atoms with van der Waals surface area (Å²) in [4.78, 5) is 15.9. The second-order valence-corrected chi connectivity index (χ2v) is 5.62. The molecule has 3 rings (SSSR count). The number of amides is 1. The van der Waals surface area contributed by atoms with Crippen LogP contribution in [0.25, 0.3) is 0 Å². The fraction of sp³-hybridized carbons (Fsp3) is 0.533. The largest absolute Gasteiger partial charge is 0.342 e. The SMILES string of the molecule is CC(=O)N1C[C@H]2CN(Cc3ccccc3)C[C@H]2C1. The van der Waals surface area contributed by atoms with E-state index < -0.39 is 0 Å². The molecule has 2 heterocycles. The van der Waals surface area contributed by atoms with Crippen molar-refractivity contribution in [3.8, 4) is 0 Å². The fourth-order valence-electron chi connectivity index (χ4n) is 3.32. The quantitative estimate of drug-likeness (QED) is 0.789. The van der Waals surface area contributed by atoms with Gasteiger partial charge in [0.25, 0.3) is 0 Å². The van der Waals surface area contributed by atoms with Crippen molar-refractivity contribution in [2.75, 3.05) is 26.2 Å². The lowest BCUT2D eigenvalue weighted by Gasteiger charge is -2.20. The monoisotopic (exact) mass is 244 g/mol. The van der Waals surface area contributed by atoms with E-state index in [1.165, 1.54) is 5.56 Å². The molecule has 1 aromatic carbocycles. The first kappa shape index (κ1) is 11.7. The molecule has 2 aliphatic heterocycles. The van der Waals surface area contributed by atoms with Gasteiger partial charge >= 0.3 is 0 Å². The number of benzene rings is 1. The minimum absolute atomic E-state index is 0.235. The van der Waals surface area contributed by atoms with Gasteiger partial charge in [0, 0.05) is 39.6 Å². The Morgan fingerprint density at radius 1 is 1.11 bits per heavy atom. The van der Waals surface area contributed by atoms with Gasteiger partial charge in [-0.15, -0.1) is 0 Å². The topological polar surface area (TPSA) is 23.6 Å². The molecule has 0 saturated carbocycles. The average Bonchev–Trinajstić information content (AvgIpc) is 2.88. The minimum atomic E-state index is 0.235. The van der Waals surface area contributed by atoms with Crippen molar-refractivity contribution < 1.29 is 4.79 Å². The Morgan fingerprint density at radius 2 is 1.72 bits per heavy atom. The molecule has 2 fully saturated rings. The van der Waals surface area contributed by atoms with E-state index in [9.17, 15) is 4.79 Å². The number of likely N-dealkylation sites (tertiary alicyclic amines) is 2. The van der Waals surface area contributed by atoms with E-state index in [0.717, 1.165) is 32.7 Å². The van der Waals surface area contributed by atoms with Gasteiger partial charge in [0.2, 0.25) is 5.91 Å². The Labute approximate surface area is 108 Å². The summed E-state index contributed by atoms with van der Waals surface area (Å²) in [7, 11) is 0. The van der Waals surface area contributed by atoms with Crippen molar-refractivity contribution in [1.29, 1.82) is 0 Å². The van der Waals surface area contributed by atoms with Gasteiger partial charge in [0.05, 0.1) is 0 Å².